The van der Waals surface area contributed by atoms with E-state index in [-0.39, 0.29) is 17.7 Å². The van der Waals surface area contributed by atoms with E-state index in [1.807, 2.05) is 37.3 Å². The predicted octanol–water partition coefficient (Wildman–Crippen LogP) is 2.69. The summed E-state index contributed by atoms with van der Waals surface area (Å²) in [6.45, 7) is 3.48. The zero-order valence-corrected chi connectivity index (χ0v) is 11.7. The molecule has 0 N–H and O–H groups in total. The third kappa shape index (κ3) is 2.72. The Labute approximate surface area is 119 Å². The van der Waals surface area contributed by atoms with Gasteiger partial charge in [0.05, 0.1) is 26.2 Å². The summed E-state index contributed by atoms with van der Waals surface area (Å²) in [5, 5.41) is 0. The Bertz CT molecular complexity index is 473. The number of esters is 1. The molecule has 0 aromatic heterocycles. The van der Waals surface area contributed by atoms with Crippen molar-refractivity contribution in [2.45, 2.75) is 26.1 Å². The molecule has 3 rings (SSSR count). The smallest absolute Gasteiger partial charge is 0.306 e. The minimum absolute atomic E-state index is 0.0597. The molecule has 2 aliphatic rings. The Morgan fingerprint density at radius 1 is 1.35 bits per heavy atom. The Morgan fingerprint density at radius 3 is 2.90 bits per heavy atom. The molecule has 4 heteroatoms. The molecule has 1 saturated heterocycles. The van der Waals surface area contributed by atoms with E-state index in [9.17, 15) is 4.79 Å². The van der Waals surface area contributed by atoms with Crippen LogP contribution in [0, 0.1) is 11.3 Å². The van der Waals surface area contributed by atoms with Gasteiger partial charge in [-0.3, -0.25) is 4.79 Å². The fraction of sp³-hybridized carbons (Fsp3) is 0.562. The van der Waals surface area contributed by atoms with Gasteiger partial charge in [-0.05, 0) is 19.3 Å². The summed E-state index contributed by atoms with van der Waals surface area (Å²) < 4.78 is 16.8. The van der Waals surface area contributed by atoms with Gasteiger partial charge in [0.15, 0.2) is 6.29 Å². The molecule has 3 atom stereocenters. The first kappa shape index (κ1) is 13.6. The van der Waals surface area contributed by atoms with E-state index in [2.05, 4.69) is 0 Å². The highest BCUT2D eigenvalue weighted by Gasteiger charge is 2.57. The Morgan fingerprint density at radius 2 is 2.15 bits per heavy atom. The van der Waals surface area contributed by atoms with Gasteiger partial charge in [-0.2, -0.15) is 0 Å². The molecule has 1 aromatic carbocycles. The molecular weight excluding hydrogens is 256 g/mol. The predicted molar refractivity (Wildman–Crippen MR) is 72.9 cm³/mol. The Hall–Kier alpha value is -1.39. The van der Waals surface area contributed by atoms with Crippen molar-refractivity contribution < 1.29 is 19.0 Å². The summed E-state index contributed by atoms with van der Waals surface area (Å²) in [7, 11) is 0. The highest BCUT2D eigenvalue weighted by Crippen LogP contribution is 2.57. The maximum absolute atomic E-state index is 11.7. The quantitative estimate of drug-likeness (QED) is 0.793. The maximum atomic E-state index is 11.7. The molecule has 1 aliphatic carbocycles. The largest absolute Gasteiger partial charge is 0.466 e. The lowest BCUT2D eigenvalue weighted by molar-refractivity contribution is -0.151. The first-order chi connectivity index (χ1) is 9.73. The van der Waals surface area contributed by atoms with Crippen molar-refractivity contribution in [3.05, 3.63) is 35.9 Å². The summed E-state index contributed by atoms with van der Waals surface area (Å²) in [4.78, 5) is 11.7. The van der Waals surface area contributed by atoms with Crippen molar-refractivity contribution in [1.82, 2.24) is 0 Å². The minimum atomic E-state index is -0.317. The maximum Gasteiger partial charge on any atom is 0.306 e. The van der Waals surface area contributed by atoms with Gasteiger partial charge in [0.25, 0.3) is 0 Å². The van der Waals surface area contributed by atoms with Crippen molar-refractivity contribution in [1.29, 1.82) is 0 Å². The van der Waals surface area contributed by atoms with Gasteiger partial charge in [0.2, 0.25) is 0 Å². The average Bonchev–Trinajstić information content (AvgIpc) is 3.14. The first-order valence-electron chi connectivity index (χ1n) is 7.17. The lowest BCUT2D eigenvalue weighted by Crippen LogP contribution is -2.19. The summed E-state index contributed by atoms with van der Waals surface area (Å²) in [5.41, 5.74) is 0.968. The second-order valence-corrected chi connectivity index (χ2v) is 5.63. The monoisotopic (exact) mass is 276 g/mol. The van der Waals surface area contributed by atoms with Crippen LogP contribution >= 0.6 is 0 Å². The number of rotatable bonds is 4. The first-order valence-corrected chi connectivity index (χ1v) is 7.17. The van der Waals surface area contributed by atoms with Crippen LogP contribution in [0.2, 0.25) is 0 Å². The van der Waals surface area contributed by atoms with Crippen molar-refractivity contribution in [2.24, 2.45) is 11.3 Å². The molecule has 1 aromatic rings. The van der Waals surface area contributed by atoms with Gasteiger partial charge >= 0.3 is 5.97 Å². The van der Waals surface area contributed by atoms with E-state index < -0.39 is 0 Å². The van der Waals surface area contributed by atoms with E-state index in [1.54, 1.807) is 0 Å². The third-order valence-electron chi connectivity index (χ3n) is 4.20. The number of ether oxygens (including phenoxy) is 3. The molecule has 1 saturated carbocycles. The van der Waals surface area contributed by atoms with Crippen LogP contribution in [0.3, 0.4) is 0 Å². The van der Waals surface area contributed by atoms with Crippen molar-refractivity contribution in [3.63, 3.8) is 0 Å². The molecule has 1 unspecified atom stereocenters. The van der Waals surface area contributed by atoms with Crippen LogP contribution in [0.25, 0.3) is 0 Å². The van der Waals surface area contributed by atoms with Crippen LogP contribution in [0.5, 0.6) is 0 Å². The molecule has 1 heterocycles. The molecule has 0 spiro atoms. The number of carbonyl (C=O) groups is 1. The van der Waals surface area contributed by atoms with Crippen LogP contribution in [-0.4, -0.2) is 25.8 Å². The fourth-order valence-corrected chi connectivity index (χ4v) is 2.91. The van der Waals surface area contributed by atoms with Crippen LogP contribution in [0.1, 0.15) is 31.6 Å². The van der Waals surface area contributed by atoms with E-state index in [4.69, 9.17) is 14.2 Å². The van der Waals surface area contributed by atoms with Gasteiger partial charge < -0.3 is 14.2 Å². The summed E-state index contributed by atoms with van der Waals surface area (Å²) in [5.74, 6) is 0.289. The zero-order valence-electron chi connectivity index (χ0n) is 11.7. The van der Waals surface area contributed by atoms with Crippen molar-refractivity contribution >= 4 is 5.97 Å². The van der Waals surface area contributed by atoms with Gasteiger partial charge in [-0.25, -0.2) is 0 Å². The third-order valence-corrected chi connectivity index (χ3v) is 4.20. The number of hydrogen-bond acceptors (Lipinski definition) is 4. The Balaban J connectivity index is 1.62. The molecule has 0 amide bonds. The number of hydrogen-bond donors (Lipinski definition) is 0. The van der Waals surface area contributed by atoms with Crippen LogP contribution in [0.15, 0.2) is 30.3 Å². The normalized spacial score (nSPS) is 32.0. The minimum Gasteiger partial charge on any atom is -0.466 e. The topological polar surface area (TPSA) is 44.8 Å². The summed E-state index contributed by atoms with van der Waals surface area (Å²) in [6, 6.07) is 9.92. The van der Waals surface area contributed by atoms with E-state index >= 15 is 0 Å². The number of carbonyl (C=O) groups excluding carboxylic acids is 1. The van der Waals surface area contributed by atoms with Crippen molar-refractivity contribution in [3.8, 4) is 0 Å². The Kier molecular flexibility index (Phi) is 3.76. The van der Waals surface area contributed by atoms with Crippen LogP contribution < -0.4 is 0 Å². The highest BCUT2D eigenvalue weighted by molar-refractivity contribution is 5.71. The SMILES string of the molecule is CCOC(=O)C[C@@]12COC(c3ccccc3)OC[C@@H]1C2. The van der Waals surface area contributed by atoms with E-state index in [0.29, 0.717) is 32.2 Å². The number of benzene rings is 1. The van der Waals surface area contributed by atoms with Crippen LogP contribution in [-0.2, 0) is 19.0 Å². The highest BCUT2D eigenvalue weighted by atomic mass is 16.7. The second kappa shape index (κ2) is 5.54. The summed E-state index contributed by atoms with van der Waals surface area (Å²) >= 11 is 0. The van der Waals surface area contributed by atoms with E-state index in [0.717, 1.165) is 12.0 Å². The standard InChI is InChI=1S/C16H20O4/c1-2-18-14(17)9-16-8-13(16)10-19-15(20-11-16)12-6-4-3-5-7-12/h3-7,13,15H,2,8-11H2,1H3/t13-,15?,16-/m0/s1. The lowest BCUT2D eigenvalue weighted by Gasteiger charge is -2.18. The second-order valence-electron chi connectivity index (χ2n) is 5.63. The average molecular weight is 276 g/mol. The van der Waals surface area contributed by atoms with Gasteiger partial charge in [-0.1, -0.05) is 30.3 Å². The lowest BCUT2D eigenvalue weighted by atomic mass is 10.0. The molecule has 4 nitrogen and oxygen atoms in total. The van der Waals surface area contributed by atoms with Gasteiger partial charge in [-0.15, -0.1) is 0 Å². The fourth-order valence-electron chi connectivity index (χ4n) is 2.91. The molecule has 1 aliphatic heterocycles. The molecule has 108 valence electrons. The van der Waals surface area contributed by atoms with Crippen molar-refractivity contribution in [2.75, 3.05) is 19.8 Å². The number of fused-ring (bicyclic) bond motifs is 1. The zero-order chi connectivity index (χ0) is 14.0. The van der Waals surface area contributed by atoms with Gasteiger partial charge in [0.1, 0.15) is 0 Å². The molecule has 2 fully saturated rings. The molecule has 0 bridgehead atoms. The van der Waals surface area contributed by atoms with Crippen LogP contribution in [0.4, 0.5) is 0 Å². The molecule has 0 radical (unpaired) electrons. The molecular formula is C16H20O4. The van der Waals surface area contributed by atoms with E-state index in [1.165, 1.54) is 0 Å². The summed E-state index contributed by atoms with van der Waals surface area (Å²) in [6.07, 6.45) is 1.12. The van der Waals surface area contributed by atoms with Gasteiger partial charge in [0, 0.05) is 11.0 Å². The molecule has 20 heavy (non-hydrogen) atoms.